The van der Waals surface area contributed by atoms with Crippen LogP contribution in [-0.4, -0.2) is 38.7 Å². The van der Waals surface area contributed by atoms with E-state index in [0.717, 1.165) is 72.4 Å². The third-order valence-corrected chi connectivity index (χ3v) is 16.6. The lowest BCUT2D eigenvalue weighted by Gasteiger charge is -2.56. The van der Waals surface area contributed by atoms with Crippen molar-refractivity contribution in [1.82, 2.24) is 0 Å². The van der Waals surface area contributed by atoms with E-state index in [-0.39, 0.29) is 11.9 Å². The van der Waals surface area contributed by atoms with Gasteiger partial charge in [0.2, 0.25) is 0 Å². The number of hydrogen-bond acceptors (Lipinski definition) is 6. The van der Waals surface area contributed by atoms with Crippen LogP contribution in [0.25, 0.3) is 0 Å². The molecule has 0 saturated heterocycles. The van der Waals surface area contributed by atoms with Crippen LogP contribution < -0.4 is 14.2 Å². The topological polar surface area (TPSA) is 55.4 Å². The Morgan fingerprint density at radius 2 is 0.846 bits per heavy atom. The minimum absolute atomic E-state index is 0.144. The molecule has 8 aliphatic carbocycles. The van der Waals surface area contributed by atoms with Crippen LogP contribution in [-0.2, 0) is 14.2 Å². The first kappa shape index (κ1) is 49.8. The van der Waals surface area contributed by atoms with Gasteiger partial charge in [0.05, 0.1) is 18.8 Å². The standard InChI is InChI=1S/C22H32O2.C21H30O2.C16H26O2/c1-3-16(2)20-4-6-21(7-5-20)24-15-23-14-22-11-17-8-18(12-22)10-19(9-17)13-22;1-3-15(2)19-4-6-20(7-5-19)22-14-23-21-11-16-8-17(12-21)10-18(9-16)13-21;1-6-13(4)15-7-9-16(10-8-15)18-14(5)17-11-12(2)3/h4-7,16-19H,3,8-15H2,1-2H3;4-7,15-18H,3,8-14H2,1-2H3;7-10,12-14H,6,11H2,1-5H3. The summed E-state index contributed by atoms with van der Waals surface area (Å²) in [6.45, 7) is 22.1. The predicted octanol–water partition coefficient (Wildman–Crippen LogP) is 15.9. The fourth-order valence-electron chi connectivity index (χ4n) is 13.2. The second kappa shape index (κ2) is 23.3. The van der Waals surface area contributed by atoms with Gasteiger partial charge in [0.25, 0.3) is 0 Å². The minimum atomic E-state index is -0.193. The van der Waals surface area contributed by atoms with Crippen LogP contribution in [0.4, 0.5) is 0 Å². The molecule has 8 bridgehead atoms. The number of rotatable bonds is 20. The third kappa shape index (κ3) is 14.0. The Morgan fingerprint density at radius 3 is 1.23 bits per heavy atom. The average Bonchev–Trinajstić information content (AvgIpc) is 3.29. The monoisotopic (exact) mass is 893 g/mol. The van der Waals surface area contributed by atoms with Crippen LogP contribution in [0, 0.1) is 46.8 Å². The van der Waals surface area contributed by atoms with Gasteiger partial charge in [-0.05, 0) is 221 Å². The zero-order valence-corrected chi connectivity index (χ0v) is 42.2. The summed E-state index contributed by atoms with van der Waals surface area (Å²) < 4.78 is 35.3. The van der Waals surface area contributed by atoms with Gasteiger partial charge in [0.15, 0.2) is 19.9 Å². The van der Waals surface area contributed by atoms with Crippen molar-refractivity contribution in [3.63, 3.8) is 0 Å². The molecular formula is C59H88O6. The lowest BCUT2D eigenvalue weighted by molar-refractivity contribution is -0.190. The molecule has 0 heterocycles. The molecule has 6 heteroatoms. The Hall–Kier alpha value is -3.06. The molecule has 0 aromatic heterocycles. The van der Waals surface area contributed by atoms with Gasteiger partial charge in [-0.3, -0.25) is 0 Å². The molecular weight excluding hydrogens is 805 g/mol. The van der Waals surface area contributed by atoms with Gasteiger partial charge >= 0.3 is 0 Å². The maximum atomic E-state index is 6.32. The fraction of sp³-hybridized carbons (Fsp3) is 0.695. The van der Waals surface area contributed by atoms with Crippen LogP contribution in [0.1, 0.15) is 193 Å². The third-order valence-electron chi connectivity index (χ3n) is 16.6. The molecule has 0 aliphatic heterocycles. The van der Waals surface area contributed by atoms with Crippen molar-refractivity contribution >= 4 is 0 Å². The minimum Gasteiger partial charge on any atom is -0.468 e. The van der Waals surface area contributed by atoms with Gasteiger partial charge in [-0.2, -0.15) is 0 Å². The van der Waals surface area contributed by atoms with Gasteiger partial charge < -0.3 is 28.4 Å². The molecule has 3 aromatic carbocycles. The molecule has 4 unspecified atom stereocenters. The molecule has 0 amide bonds. The van der Waals surface area contributed by atoms with E-state index in [0.29, 0.717) is 42.7 Å². The summed E-state index contributed by atoms with van der Waals surface area (Å²) in [5.41, 5.74) is 4.77. The zero-order chi connectivity index (χ0) is 46.0. The zero-order valence-electron chi connectivity index (χ0n) is 42.2. The quantitative estimate of drug-likeness (QED) is 0.0832. The number of benzene rings is 3. The lowest BCUT2D eigenvalue weighted by Crippen LogP contribution is -2.52. The van der Waals surface area contributed by atoms with Gasteiger partial charge in [-0.1, -0.05) is 91.8 Å². The highest BCUT2D eigenvalue weighted by Gasteiger charge is 2.52. The molecule has 8 fully saturated rings. The summed E-state index contributed by atoms with van der Waals surface area (Å²) in [6.07, 6.45) is 20.2. The van der Waals surface area contributed by atoms with Crippen molar-refractivity contribution < 1.29 is 28.4 Å². The summed E-state index contributed by atoms with van der Waals surface area (Å²) in [5.74, 6) is 10.9. The van der Waals surface area contributed by atoms with Crippen molar-refractivity contribution in [2.24, 2.45) is 46.8 Å². The average molecular weight is 893 g/mol. The molecule has 0 radical (unpaired) electrons. The summed E-state index contributed by atoms with van der Waals surface area (Å²) in [5, 5.41) is 0. The van der Waals surface area contributed by atoms with Crippen LogP contribution in [0.15, 0.2) is 72.8 Å². The van der Waals surface area contributed by atoms with Gasteiger partial charge in [0.1, 0.15) is 17.2 Å². The van der Waals surface area contributed by atoms with E-state index in [9.17, 15) is 0 Å². The molecule has 6 nitrogen and oxygen atoms in total. The van der Waals surface area contributed by atoms with E-state index in [1.54, 1.807) is 0 Å². The first-order chi connectivity index (χ1) is 31.3. The number of hydrogen-bond donors (Lipinski definition) is 0. The molecule has 360 valence electrons. The summed E-state index contributed by atoms with van der Waals surface area (Å²) in [6, 6.07) is 25.4. The first-order valence-corrected chi connectivity index (χ1v) is 26.4. The van der Waals surface area contributed by atoms with E-state index >= 15 is 0 Å². The molecule has 0 spiro atoms. The smallest absolute Gasteiger partial charge is 0.196 e. The van der Waals surface area contributed by atoms with E-state index < -0.39 is 0 Å². The van der Waals surface area contributed by atoms with E-state index in [1.807, 2.05) is 19.1 Å². The van der Waals surface area contributed by atoms with Gasteiger partial charge in [0, 0.05) is 0 Å². The van der Waals surface area contributed by atoms with Gasteiger partial charge in [-0.25, -0.2) is 0 Å². The molecule has 4 atom stereocenters. The van der Waals surface area contributed by atoms with Crippen molar-refractivity contribution in [2.75, 3.05) is 26.8 Å². The summed E-state index contributed by atoms with van der Waals surface area (Å²) in [4.78, 5) is 0. The molecule has 11 rings (SSSR count). The van der Waals surface area contributed by atoms with Crippen LogP contribution in [0.5, 0.6) is 17.2 Å². The Bertz CT molecular complexity index is 1760. The first-order valence-electron chi connectivity index (χ1n) is 26.4. The van der Waals surface area contributed by atoms with Gasteiger partial charge in [-0.15, -0.1) is 0 Å². The Balaban J connectivity index is 0.000000147. The Morgan fingerprint density at radius 1 is 0.477 bits per heavy atom. The molecule has 65 heavy (non-hydrogen) atoms. The second-order valence-corrected chi connectivity index (χ2v) is 22.6. The molecule has 0 N–H and O–H groups in total. The predicted molar refractivity (Wildman–Crippen MR) is 266 cm³/mol. The Labute approximate surface area is 395 Å². The summed E-state index contributed by atoms with van der Waals surface area (Å²) >= 11 is 0. The van der Waals surface area contributed by atoms with Crippen LogP contribution in [0.3, 0.4) is 0 Å². The van der Waals surface area contributed by atoms with E-state index in [4.69, 9.17) is 28.4 Å². The number of ether oxygens (including phenoxy) is 6. The van der Waals surface area contributed by atoms with E-state index in [2.05, 4.69) is 116 Å². The molecule has 3 aromatic rings. The fourth-order valence-corrected chi connectivity index (χ4v) is 13.2. The highest BCUT2D eigenvalue weighted by Crippen LogP contribution is 2.60. The molecule has 8 saturated carbocycles. The summed E-state index contributed by atoms with van der Waals surface area (Å²) in [7, 11) is 0. The maximum Gasteiger partial charge on any atom is 0.196 e. The maximum absolute atomic E-state index is 6.32. The molecule has 8 aliphatic rings. The Kier molecular flexibility index (Phi) is 17.9. The van der Waals surface area contributed by atoms with Crippen LogP contribution >= 0.6 is 0 Å². The second-order valence-electron chi connectivity index (χ2n) is 22.6. The van der Waals surface area contributed by atoms with Crippen LogP contribution in [0.2, 0.25) is 0 Å². The largest absolute Gasteiger partial charge is 0.468 e. The van der Waals surface area contributed by atoms with Crippen molar-refractivity contribution in [1.29, 1.82) is 0 Å². The van der Waals surface area contributed by atoms with Crippen molar-refractivity contribution in [3.8, 4) is 17.2 Å². The van der Waals surface area contributed by atoms with Crippen molar-refractivity contribution in [3.05, 3.63) is 89.5 Å². The lowest BCUT2D eigenvalue weighted by atomic mass is 9.50. The normalized spacial score (nSPS) is 29.8. The SMILES string of the molecule is CCC(C)c1ccc(OC(C)OCC(C)C)cc1.CCC(C)c1ccc(OCOC23CC4CC(CC(C4)C2)C3)cc1.CCC(C)c1ccc(OCOCC23CC4CC(CC(C4)C2)C3)cc1. The van der Waals surface area contributed by atoms with Crippen molar-refractivity contribution in [2.45, 2.75) is 188 Å². The highest BCUT2D eigenvalue weighted by molar-refractivity contribution is 5.31. The van der Waals surface area contributed by atoms with E-state index in [1.165, 1.54) is 107 Å². The highest BCUT2D eigenvalue weighted by atomic mass is 16.7.